The number of hydrogen-bond donors (Lipinski definition) is 1. The summed E-state index contributed by atoms with van der Waals surface area (Å²) in [7, 11) is -0.187. The molecule has 0 aliphatic rings. The van der Waals surface area contributed by atoms with Gasteiger partial charge in [-0.05, 0) is 28.7 Å². The van der Waals surface area contributed by atoms with Crippen LogP contribution in [0.4, 0.5) is 0 Å². The summed E-state index contributed by atoms with van der Waals surface area (Å²) in [5, 5.41) is 11.1. The molecule has 36 heavy (non-hydrogen) atoms. The number of aromatic nitrogens is 2. The maximum atomic E-state index is 13.9. The van der Waals surface area contributed by atoms with Gasteiger partial charge in [0.2, 0.25) is 0 Å². The minimum Gasteiger partial charge on any atom is -0.481 e. The zero-order chi connectivity index (χ0) is 26.1. The molecule has 190 valence electrons. The van der Waals surface area contributed by atoms with E-state index in [4.69, 9.17) is 5.11 Å². The van der Waals surface area contributed by atoms with E-state index in [-0.39, 0.29) is 18.8 Å². The van der Waals surface area contributed by atoms with E-state index < -0.39 is 33.3 Å². The number of thiophene rings is 1. The SMILES string of the molecule is CC(C)Cn1c(=O)n(C)c(=O)c2c(S(=O)C(C)CCC(=O)O)c(Cc3cccc4ccccc34)sc21. The van der Waals surface area contributed by atoms with Gasteiger partial charge < -0.3 is 5.11 Å². The standard InChI is InChI=1S/C27H30N2O5S2/c1-16(2)15-29-26-23(25(32)28(4)27(29)33)24(36(34)17(3)12-13-22(30)31)21(35-26)14-19-10-7-9-18-8-5-6-11-20(18)19/h5-11,16-17H,12-15H2,1-4H3,(H,30,31). The second kappa shape index (κ2) is 10.5. The molecule has 2 aromatic carbocycles. The average Bonchev–Trinajstić information content (AvgIpc) is 3.22. The molecule has 0 aliphatic carbocycles. The highest BCUT2D eigenvalue weighted by molar-refractivity contribution is 7.86. The first-order chi connectivity index (χ1) is 17.1. The molecule has 2 heterocycles. The molecule has 1 N–H and O–H groups in total. The third-order valence-corrected chi connectivity index (χ3v) is 9.47. The normalized spacial score (nSPS) is 13.5. The molecule has 2 aromatic heterocycles. The summed E-state index contributed by atoms with van der Waals surface area (Å²) >= 11 is 1.34. The Morgan fingerprint density at radius 1 is 1.08 bits per heavy atom. The molecule has 2 unspecified atom stereocenters. The summed E-state index contributed by atoms with van der Waals surface area (Å²) in [5.74, 6) is -0.790. The molecule has 9 heteroatoms. The molecule has 0 bridgehead atoms. The van der Waals surface area contributed by atoms with Crippen molar-refractivity contribution in [3.8, 4) is 0 Å². The van der Waals surface area contributed by atoms with Gasteiger partial charge in [-0.3, -0.25) is 22.9 Å². The summed E-state index contributed by atoms with van der Waals surface area (Å²) in [6.45, 7) is 6.18. The smallest absolute Gasteiger partial charge is 0.331 e. The fraction of sp³-hybridized carbons (Fsp3) is 0.370. The third-order valence-electron chi connectivity index (χ3n) is 6.31. The monoisotopic (exact) mass is 526 g/mol. The molecule has 0 aliphatic heterocycles. The average molecular weight is 527 g/mol. The largest absolute Gasteiger partial charge is 0.481 e. The van der Waals surface area contributed by atoms with Crippen molar-refractivity contribution in [2.24, 2.45) is 13.0 Å². The van der Waals surface area contributed by atoms with Gasteiger partial charge in [-0.2, -0.15) is 0 Å². The number of rotatable bonds is 9. The van der Waals surface area contributed by atoms with Crippen molar-refractivity contribution in [3.05, 3.63) is 73.7 Å². The van der Waals surface area contributed by atoms with Crippen LogP contribution < -0.4 is 11.2 Å². The van der Waals surface area contributed by atoms with E-state index >= 15 is 0 Å². The second-order valence-corrected chi connectivity index (χ2v) is 12.4. The highest BCUT2D eigenvalue weighted by atomic mass is 32.2. The number of fused-ring (bicyclic) bond motifs is 2. The van der Waals surface area contributed by atoms with Gasteiger partial charge in [0.15, 0.2) is 0 Å². The van der Waals surface area contributed by atoms with Gasteiger partial charge in [0.25, 0.3) is 5.56 Å². The molecule has 0 radical (unpaired) electrons. The Morgan fingerprint density at radius 3 is 2.47 bits per heavy atom. The lowest BCUT2D eigenvalue weighted by atomic mass is 10.0. The fourth-order valence-electron chi connectivity index (χ4n) is 4.46. The molecular formula is C27H30N2O5S2. The number of carboxylic acid groups (broad SMARTS) is 1. The van der Waals surface area contributed by atoms with Gasteiger partial charge in [-0.15, -0.1) is 11.3 Å². The lowest BCUT2D eigenvalue weighted by Crippen LogP contribution is -2.38. The number of carbonyl (C=O) groups is 1. The topological polar surface area (TPSA) is 98.4 Å². The van der Waals surface area contributed by atoms with Crippen LogP contribution in [0.5, 0.6) is 0 Å². The predicted molar refractivity (Wildman–Crippen MR) is 146 cm³/mol. The van der Waals surface area contributed by atoms with Crippen molar-refractivity contribution in [2.75, 3.05) is 0 Å². The van der Waals surface area contributed by atoms with E-state index in [9.17, 15) is 18.6 Å². The van der Waals surface area contributed by atoms with Gasteiger partial charge in [0.1, 0.15) is 4.83 Å². The second-order valence-electron chi connectivity index (χ2n) is 9.54. The van der Waals surface area contributed by atoms with E-state index in [0.29, 0.717) is 28.1 Å². The van der Waals surface area contributed by atoms with Crippen LogP contribution in [0.15, 0.2) is 56.9 Å². The number of aliphatic carboxylic acids is 1. The molecule has 0 saturated carbocycles. The van der Waals surface area contributed by atoms with E-state index in [1.807, 2.05) is 56.3 Å². The molecule has 4 aromatic rings. The minimum absolute atomic E-state index is 0.107. The highest BCUT2D eigenvalue weighted by Crippen LogP contribution is 2.36. The number of nitrogens with zero attached hydrogens (tertiary/aromatic N) is 2. The lowest BCUT2D eigenvalue weighted by molar-refractivity contribution is -0.137. The van der Waals surface area contributed by atoms with Crippen LogP contribution in [0.2, 0.25) is 0 Å². The van der Waals surface area contributed by atoms with Crippen LogP contribution >= 0.6 is 11.3 Å². The zero-order valence-electron chi connectivity index (χ0n) is 20.8. The van der Waals surface area contributed by atoms with Crippen molar-refractivity contribution in [1.29, 1.82) is 0 Å². The van der Waals surface area contributed by atoms with E-state index in [0.717, 1.165) is 25.8 Å². The van der Waals surface area contributed by atoms with Crippen molar-refractivity contribution >= 4 is 49.1 Å². The Labute approximate surface area is 215 Å². The molecule has 0 spiro atoms. The Bertz CT molecular complexity index is 1590. The van der Waals surface area contributed by atoms with Crippen molar-refractivity contribution in [3.63, 3.8) is 0 Å². The van der Waals surface area contributed by atoms with Gasteiger partial charge in [0.05, 0.1) is 21.1 Å². The van der Waals surface area contributed by atoms with Crippen LogP contribution in [0, 0.1) is 5.92 Å². The number of hydrogen-bond acceptors (Lipinski definition) is 5. The molecule has 0 saturated heterocycles. The van der Waals surface area contributed by atoms with Crippen LogP contribution in [0.25, 0.3) is 21.0 Å². The van der Waals surface area contributed by atoms with E-state index in [2.05, 4.69) is 0 Å². The number of carboxylic acids is 1. The summed E-state index contributed by atoms with van der Waals surface area (Å²) in [6.07, 6.45) is 0.565. The summed E-state index contributed by atoms with van der Waals surface area (Å²) in [6, 6.07) is 14.1. The van der Waals surface area contributed by atoms with Crippen molar-refractivity contribution < 1.29 is 14.1 Å². The first-order valence-corrected chi connectivity index (χ1v) is 14.0. The quantitative estimate of drug-likeness (QED) is 0.346. The summed E-state index contributed by atoms with van der Waals surface area (Å²) < 4.78 is 16.6. The molecule has 2 atom stereocenters. The van der Waals surface area contributed by atoms with E-state index in [1.165, 1.54) is 18.4 Å². The summed E-state index contributed by atoms with van der Waals surface area (Å²) in [4.78, 5) is 39.3. The molecule has 7 nitrogen and oxygen atoms in total. The fourth-order valence-corrected chi connectivity index (χ4v) is 7.52. The maximum Gasteiger partial charge on any atom is 0.331 e. The minimum atomic E-state index is -1.63. The molecule has 0 fully saturated rings. The van der Waals surface area contributed by atoms with Gasteiger partial charge in [-0.1, -0.05) is 63.2 Å². The first-order valence-electron chi connectivity index (χ1n) is 11.9. The third kappa shape index (κ3) is 4.95. The summed E-state index contributed by atoms with van der Waals surface area (Å²) in [5.41, 5.74) is 0.172. The van der Waals surface area contributed by atoms with Gasteiger partial charge >= 0.3 is 11.7 Å². The Morgan fingerprint density at radius 2 is 1.78 bits per heavy atom. The Hall–Kier alpha value is -3.04. The Balaban J connectivity index is 1.98. The number of benzene rings is 2. The first kappa shape index (κ1) is 26.0. The zero-order valence-corrected chi connectivity index (χ0v) is 22.4. The van der Waals surface area contributed by atoms with Gasteiger partial charge in [-0.25, -0.2) is 4.79 Å². The predicted octanol–water partition coefficient (Wildman–Crippen LogP) is 4.52. The van der Waals surface area contributed by atoms with Crippen LogP contribution in [0.3, 0.4) is 0 Å². The van der Waals surface area contributed by atoms with E-state index in [1.54, 1.807) is 11.5 Å². The maximum absolute atomic E-state index is 13.9. The van der Waals surface area contributed by atoms with Crippen LogP contribution in [0.1, 0.15) is 44.1 Å². The molecular weight excluding hydrogens is 496 g/mol. The van der Waals surface area contributed by atoms with Crippen molar-refractivity contribution in [1.82, 2.24) is 9.13 Å². The lowest BCUT2D eigenvalue weighted by Gasteiger charge is -2.14. The van der Waals surface area contributed by atoms with Crippen LogP contribution in [-0.4, -0.2) is 29.7 Å². The van der Waals surface area contributed by atoms with Crippen LogP contribution in [-0.2, 0) is 35.6 Å². The van der Waals surface area contributed by atoms with Crippen molar-refractivity contribution in [2.45, 2.75) is 56.7 Å². The Kier molecular flexibility index (Phi) is 7.61. The highest BCUT2D eigenvalue weighted by Gasteiger charge is 2.28. The molecule has 0 amide bonds. The molecule has 4 rings (SSSR count). The van der Waals surface area contributed by atoms with Gasteiger partial charge in [0, 0.05) is 36.6 Å².